The van der Waals surface area contributed by atoms with Crippen molar-refractivity contribution in [2.24, 2.45) is 0 Å². The number of nitrogens with one attached hydrogen (secondary N) is 1. The first-order chi connectivity index (χ1) is 15.7. The van der Waals surface area contributed by atoms with Crippen LogP contribution in [0.4, 0.5) is 11.4 Å². The Kier molecular flexibility index (Phi) is 7.50. The number of anilines is 2. The molecule has 1 aromatic heterocycles. The van der Waals surface area contributed by atoms with E-state index in [0.717, 1.165) is 11.8 Å². The number of carboxylic acids is 1. The number of sulfonamides is 1. The second kappa shape index (κ2) is 10.1. The van der Waals surface area contributed by atoms with Gasteiger partial charge in [0, 0.05) is 30.2 Å². The molecule has 0 spiro atoms. The molecule has 0 amide bonds. The first-order valence-electron chi connectivity index (χ1n) is 10.6. The van der Waals surface area contributed by atoms with Crippen molar-refractivity contribution in [2.75, 3.05) is 42.2 Å². The van der Waals surface area contributed by atoms with Gasteiger partial charge in [0.1, 0.15) is 12.4 Å². The molecule has 0 radical (unpaired) electrons. The van der Waals surface area contributed by atoms with E-state index in [1.807, 2.05) is 22.5 Å². The summed E-state index contributed by atoms with van der Waals surface area (Å²) in [4.78, 5) is 13.5. The number of aryl methyl sites for hydroxylation is 1. The highest BCUT2D eigenvalue weighted by Gasteiger charge is 2.19. The van der Waals surface area contributed by atoms with Gasteiger partial charge in [-0.1, -0.05) is 12.1 Å². The average molecular weight is 476 g/mol. The number of aliphatic hydroxyl groups excluding tert-OH is 1. The second-order valence-corrected chi connectivity index (χ2v) is 9.39. The molecule has 2 aromatic carbocycles. The number of benzene rings is 2. The number of carboxylic acid groups (broad SMARTS) is 1. The number of rotatable bonds is 11. The van der Waals surface area contributed by atoms with Crippen molar-refractivity contribution >= 4 is 38.3 Å². The molecule has 1 heterocycles. The molecule has 0 saturated carbocycles. The van der Waals surface area contributed by atoms with Crippen LogP contribution in [0.15, 0.2) is 42.5 Å². The van der Waals surface area contributed by atoms with Gasteiger partial charge in [-0.15, -0.1) is 0 Å². The Hall–Kier alpha value is -3.24. The molecule has 0 unspecified atom stereocenters. The summed E-state index contributed by atoms with van der Waals surface area (Å²) in [7, 11) is -3.46. The number of carbonyl (C=O) groups is 1. The second-order valence-electron chi connectivity index (χ2n) is 7.64. The Morgan fingerprint density at radius 1 is 1.18 bits per heavy atom. The lowest BCUT2D eigenvalue weighted by Gasteiger charge is -2.26. The largest absolute Gasteiger partial charge is 0.492 e. The van der Waals surface area contributed by atoms with Crippen LogP contribution in [0.3, 0.4) is 0 Å². The molecular weight excluding hydrogens is 446 g/mol. The molecule has 9 nitrogen and oxygen atoms in total. The summed E-state index contributed by atoms with van der Waals surface area (Å²) in [6.07, 6.45) is 1.09. The zero-order valence-electron chi connectivity index (χ0n) is 18.9. The number of hydrogen-bond donors (Lipinski definition) is 3. The number of hydrogen-bond acceptors (Lipinski definition) is 6. The summed E-state index contributed by atoms with van der Waals surface area (Å²) in [6.45, 7) is 5.24. The third kappa shape index (κ3) is 5.58. The van der Waals surface area contributed by atoms with Gasteiger partial charge in [-0.05, 0) is 38.1 Å². The minimum absolute atomic E-state index is 0.111. The topological polar surface area (TPSA) is 121 Å². The van der Waals surface area contributed by atoms with Gasteiger partial charge in [-0.25, -0.2) is 13.2 Å². The number of aromatic carboxylic acids is 1. The van der Waals surface area contributed by atoms with Crippen LogP contribution in [-0.2, 0) is 16.6 Å². The van der Waals surface area contributed by atoms with Crippen molar-refractivity contribution in [3.8, 4) is 5.75 Å². The van der Waals surface area contributed by atoms with E-state index in [0.29, 0.717) is 53.4 Å². The van der Waals surface area contributed by atoms with Crippen LogP contribution in [0.1, 0.15) is 23.0 Å². The van der Waals surface area contributed by atoms with Gasteiger partial charge in [0.15, 0.2) is 0 Å². The van der Waals surface area contributed by atoms with E-state index in [-0.39, 0.29) is 13.2 Å². The minimum atomic E-state index is -3.46. The zero-order valence-corrected chi connectivity index (χ0v) is 19.7. The quantitative estimate of drug-likeness (QED) is 0.390. The van der Waals surface area contributed by atoms with Gasteiger partial charge in [0.25, 0.3) is 0 Å². The summed E-state index contributed by atoms with van der Waals surface area (Å²) in [6, 6.07) is 12.3. The average Bonchev–Trinajstić information content (AvgIpc) is 3.03. The van der Waals surface area contributed by atoms with Crippen LogP contribution in [0.25, 0.3) is 10.9 Å². The van der Waals surface area contributed by atoms with Gasteiger partial charge < -0.3 is 24.4 Å². The monoisotopic (exact) mass is 475 g/mol. The normalized spacial score (nSPS) is 11.5. The number of nitrogens with zero attached hydrogens (tertiary/aromatic N) is 2. The molecular formula is C23H29N3O6S. The van der Waals surface area contributed by atoms with E-state index in [4.69, 9.17) is 4.74 Å². The maximum absolute atomic E-state index is 11.7. The van der Waals surface area contributed by atoms with Gasteiger partial charge in [0.2, 0.25) is 10.0 Å². The van der Waals surface area contributed by atoms with Crippen molar-refractivity contribution in [1.82, 2.24) is 4.57 Å². The number of fused-ring (bicyclic) bond motifs is 1. The predicted molar refractivity (Wildman–Crippen MR) is 129 cm³/mol. The molecule has 10 heteroatoms. The maximum atomic E-state index is 11.7. The first kappa shape index (κ1) is 24.4. The molecule has 0 aliphatic rings. The summed E-state index contributed by atoms with van der Waals surface area (Å²) in [5, 5.41) is 19.8. The smallest absolute Gasteiger partial charge is 0.338 e. The van der Waals surface area contributed by atoms with Crippen molar-refractivity contribution in [3.63, 3.8) is 0 Å². The minimum Gasteiger partial charge on any atom is -0.492 e. The molecule has 0 fully saturated rings. The zero-order chi connectivity index (χ0) is 24.2. The third-order valence-corrected chi connectivity index (χ3v) is 5.96. The summed E-state index contributed by atoms with van der Waals surface area (Å²) < 4.78 is 33.8. The van der Waals surface area contributed by atoms with E-state index in [2.05, 4.69) is 4.72 Å². The number of para-hydroxylation sites is 2. The van der Waals surface area contributed by atoms with Gasteiger partial charge in [-0.3, -0.25) is 4.72 Å². The summed E-state index contributed by atoms with van der Waals surface area (Å²) in [5.41, 5.74) is 2.84. The van der Waals surface area contributed by atoms with E-state index in [1.54, 1.807) is 43.3 Å². The highest BCUT2D eigenvalue weighted by Crippen LogP contribution is 2.30. The van der Waals surface area contributed by atoms with Crippen LogP contribution in [0, 0.1) is 6.92 Å². The molecule has 0 aliphatic heterocycles. The third-order valence-electron chi connectivity index (χ3n) is 5.37. The first-order valence-corrected chi connectivity index (χ1v) is 12.5. The number of aromatic nitrogens is 1. The van der Waals surface area contributed by atoms with Crippen molar-refractivity contribution in [3.05, 3.63) is 53.7 Å². The Balaban J connectivity index is 1.80. The standard InChI is InChI=1S/C23H29N3O6S/c1-4-26-16(2)22(23(28)29)18-10-9-17(15-21(18)26)32-14-12-25(11-13-27)20-8-6-5-7-19(20)24-33(3,30)31/h5-10,15,24,27H,4,11-14H2,1-3H3,(H,28,29). The molecule has 0 aliphatic carbocycles. The van der Waals surface area contributed by atoms with Crippen molar-refractivity contribution < 1.29 is 28.2 Å². The maximum Gasteiger partial charge on any atom is 0.338 e. The summed E-state index contributed by atoms with van der Waals surface area (Å²) >= 11 is 0. The van der Waals surface area contributed by atoms with Crippen molar-refractivity contribution in [2.45, 2.75) is 20.4 Å². The fourth-order valence-electron chi connectivity index (χ4n) is 4.01. The predicted octanol–water partition coefficient (Wildman–Crippen LogP) is 2.92. The Bertz CT molecular complexity index is 1250. The molecule has 3 N–H and O–H groups in total. The lowest BCUT2D eigenvalue weighted by molar-refractivity contribution is 0.0698. The molecule has 178 valence electrons. The van der Waals surface area contributed by atoms with Crippen LogP contribution < -0.4 is 14.4 Å². The van der Waals surface area contributed by atoms with Crippen LogP contribution in [0.5, 0.6) is 5.75 Å². The van der Waals surface area contributed by atoms with Gasteiger partial charge in [-0.2, -0.15) is 0 Å². The van der Waals surface area contributed by atoms with E-state index in [1.165, 1.54) is 0 Å². The molecule has 0 saturated heterocycles. The van der Waals surface area contributed by atoms with E-state index >= 15 is 0 Å². The summed E-state index contributed by atoms with van der Waals surface area (Å²) in [5.74, 6) is -0.363. The Morgan fingerprint density at radius 3 is 2.55 bits per heavy atom. The molecule has 0 atom stereocenters. The van der Waals surface area contributed by atoms with Crippen LogP contribution >= 0.6 is 0 Å². The van der Waals surface area contributed by atoms with Gasteiger partial charge in [0.05, 0.1) is 41.9 Å². The molecule has 0 bridgehead atoms. The number of aliphatic hydroxyl groups is 1. The SMILES string of the molecule is CCn1c(C)c(C(=O)O)c2ccc(OCCN(CCO)c3ccccc3NS(C)(=O)=O)cc21. The van der Waals surface area contributed by atoms with Crippen LogP contribution in [-0.4, -0.2) is 61.7 Å². The van der Waals surface area contributed by atoms with E-state index in [9.17, 15) is 23.4 Å². The Labute approximate surface area is 193 Å². The molecule has 3 rings (SSSR count). The fraction of sp³-hybridized carbons (Fsp3) is 0.348. The highest BCUT2D eigenvalue weighted by atomic mass is 32.2. The van der Waals surface area contributed by atoms with Gasteiger partial charge >= 0.3 is 5.97 Å². The van der Waals surface area contributed by atoms with Crippen LogP contribution in [0.2, 0.25) is 0 Å². The molecule has 33 heavy (non-hydrogen) atoms. The van der Waals surface area contributed by atoms with Crippen molar-refractivity contribution in [1.29, 1.82) is 0 Å². The highest BCUT2D eigenvalue weighted by molar-refractivity contribution is 7.92. The lowest BCUT2D eigenvalue weighted by atomic mass is 10.1. The number of ether oxygens (including phenoxy) is 1. The van der Waals surface area contributed by atoms with E-state index < -0.39 is 16.0 Å². The fourth-order valence-corrected chi connectivity index (χ4v) is 4.58. The lowest BCUT2D eigenvalue weighted by Crippen LogP contribution is -2.32. The Morgan fingerprint density at radius 2 is 1.91 bits per heavy atom. The molecule has 3 aromatic rings.